The zero-order valence-corrected chi connectivity index (χ0v) is 25.2. The summed E-state index contributed by atoms with van der Waals surface area (Å²) in [5.41, 5.74) is 5.07. The lowest BCUT2D eigenvalue weighted by Crippen LogP contribution is -2.46. The number of carbonyl (C=O) groups excluding carboxylic acids is 1. The molecule has 2 aliphatic rings. The lowest BCUT2D eigenvalue weighted by molar-refractivity contribution is -0.155. The molecule has 0 aromatic heterocycles. The van der Waals surface area contributed by atoms with Gasteiger partial charge in [-0.05, 0) is 86.4 Å². The summed E-state index contributed by atoms with van der Waals surface area (Å²) in [6, 6.07) is 12.8. The second-order valence-electron chi connectivity index (χ2n) is 11.7. The second-order valence-corrected chi connectivity index (χ2v) is 12.2. The number of carbonyl (C=O) groups is 2. The van der Waals surface area contributed by atoms with E-state index in [2.05, 4.69) is 48.2 Å². The summed E-state index contributed by atoms with van der Waals surface area (Å²) in [5, 5.41) is 19.3. The number of unbranched alkanes of at least 4 members (excludes halogenated alkanes) is 3. The van der Waals surface area contributed by atoms with Gasteiger partial charge in [-0.15, -0.1) is 0 Å². The van der Waals surface area contributed by atoms with Crippen LogP contribution in [0.25, 0.3) is 0 Å². The number of aliphatic hydroxyl groups excluding tert-OH is 1. The Labute approximate surface area is 248 Å². The van der Waals surface area contributed by atoms with Crippen molar-refractivity contribution in [2.24, 2.45) is 5.92 Å². The van der Waals surface area contributed by atoms with Crippen LogP contribution in [0.15, 0.2) is 48.6 Å². The lowest BCUT2D eigenvalue weighted by Gasteiger charge is -2.41. The quantitative estimate of drug-likeness (QED) is 0.258. The van der Waals surface area contributed by atoms with Crippen LogP contribution in [0.5, 0.6) is 5.75 Å². The summed E-state index contributed by atoms with van der Waals surface area (Å²) in [7, 11) is 1.62. The van der Waals surface area contributed by atoms with Crippen molar-refractivity contribution in [1.29, 1.82) is 0 Å². The first-order valence-electron chi connectivity index (χ1n) is 14.7. The number of allylic oxidation sites excluding steroid dienone is 1. The molecule has 3 atom stereocenters. The summed E-state index contributed by atoms with van der Waals surface area (Å²) in [4.78, 5) is 27.2. The predicted molar refractivity (Wildman–Crippen MR) is 163 cm³/mol. The van der Waals surface area contributed by atoms with Crippen molar-refractivity contribution < 1.29 is 24.5 Å². The molecule has 1 amide bonds. The van der Waals surface area contributed by atoms with Crippen LogP contribution in [-0.4, -0.2) is 66.4 Å². The highest BCUT2D eigenvalue weighted by atomic mass is 35.5. The third kappa shape index (κ3) is 7.44. The van der Waals surface area contributed by atoms with Crippen LogP contribution in [-0.2, 0) is 21.4 Å². The smallest absolute Gasteiger partial charge is 0.333 e. The zero-order valence-electron chi connectivity index (χ0n) is 24.4. The van der Waals surface area contributed by atoms with Gasteiger partial charge in [-0.1, -0.05) is 49.2 Å². The maximum atomic E-state index is 12.3. The van der Waals surface area contributed by atoms with E-state index in [1.807, 2.05) is 12.1 Å². The van der Waals surface area contributed by atoms with Crippen LogP contribution in [0.1, 0.15) is 62.1 Å². The summed E-state index contributed by atoms with van der Waals surface area (Å²) < 4.78 is 6.51. The number of aliphatic hydroxyl groups is 1. The standard InChI is InChI=1S/C33H43ClN2O5/c1-23-12-15-29-28(19-23)36(21-33(22-41-29)16-10-11-25-20-26(34)13-14-27(25)33)18-9-7-5-4-6-8-17-35(3)31(38)24(2)30(37)32(39)40/h6,8,12-15,19-20,24,30,37H,4-5,7,9-11,16-18,21-22H2,1-3H3,(H,39,40)/b8-6+/t24-,30?,33-/m0/s1. The fourth-order valence-electron chi connectivity index (χ4n) is 6.14. The van der Waals surface area contributed by atoms with Crippen LogP contribution in [0.3, 0.4) is 0 Å². The number of benzene rings is 2. The van der Waals surface area contributed by atoms with Crippen molar-refractivity contribution in [3.8, 4) is 5.75 Å². The fraction of sp³-hybridized carbons (Fsp3) is 0.515. The predicted octanol–water partition coefficient (Wildman–Crippen LogP) is 5.78. The van der Waals surface area contributed by atoms with Crippen molar-refractivity contribution in [2.45, 2.75) is 70.3 Å². The summed E-state index contributed by atoms with van der Waals surface area (Å²) in [5.74, 6) is -1.80. The number of ether oxygens (including phenoxy) is 1. The number of anilines is 1. The summed E-state index contributed by atoms with van der Waals surface area (Å²) >= 11 is 6.36. The Kier molecular flexibility index (Phi) is 10.4. The molecule has 0 saturated carbocycles. The number of hydrogen-bond donors (Lipinski definition) is 2. The largest absolute Gasteiger partial charge is 0.490 e. The molecule has 1 heterocycles. The van der Waals surface area contributed by atoms with Crippen molar-refractivity contribution >= 4 is 29.2 Å². The minimum absolute atomic E-state index is 0.0602. The van der Waals surface area contributed by atoms with E-state index in [0.717, 1.165) is 68.8 Å². The molecule has 1 aliphatic heterocycles. The van der Waals surface area contributed by atoms with Crippen molar-refractivity contribution in [1.82, 2.24) is 4.90 Å². The van der Waals surface area contributed by atoms with Gasteiger partial charge in [-0.25, -0.2) is 4.79 Å². The van der Waals surface area contributed by atoms with Gasteiger partial charge in [0.15, 0.2) is 6.10 Å². The number of carboxylic acid groups (broad SMARTS) is 1. The number of halogens is 1. The Bertz CT molecular complexity index is 1260. The number of carboxylic acids is 1. The third-order valence-corrected chi connectivity index (χ3v) is 8.76. The van der Waals surface area contributed by atoms with Crippen LogP contribution >= 0.6 is 11.6 Å². The second kappa shape index (κ2) is 13.8. The molecule has 0 fully saturated rings. The van der Waals surface area contributed by atoms with E-state index in [1.54, 1.807) is 7.05 Å². The van der Waals surface area contributed by atoms with E-state index >= 15 is 0 Å². The van der Waals surface area contributed by atoms with Crippen molar-refractivity contribution in [3.63, 3.8) is 0 Å². The van der Waals surface area contributed by atoms with Gasteiger partial charge in [-0.2, -0.15) is 0 Å². The molecule has 2 N–H and O–H groups in total. The van der Waals surface area contributed by atoms with Gasteiger partial charge in [0.2, 0.25) is 5.91 Å². The maximum Gasteiger partial charge on any atom is 0.333 e. The van der Waals surface area contributed by atoms with Gasteiger partial charge in [0.05, 0.1) is 18.2 Å². The fourth-order valence-corrected chi connectivity index (χ4v) is 6.33. The molecule has 8 heteroatoms. The van der Waals surface area contributed by atoms with Gasteiger partial charge < -0.3 is 24.7 Å². The molecule has 0 saturated heterocycles. The highest BCUT2D eigenvalue weighted by Crippen LogP contribution is 2.44. The highest BCUT2D eigenvalue weighted by molar-refractivity contribution is 6.30. The van der Waals surface area contributed by atoms with Gasteiger partial charge in [0, 0.05) is 37.1 Å². The number of nitrogens with zero attached hydrogens (tertiary/aromatic N) is 2. The van der Waals surface area contributed by atoms with E-state index in [0.29, 0.717) is 13.2 Å². The van der Waals surface area contributed by atoms with Crippen molar-refractivity contribution in [3.05, 3.63) is 70.3 Å². The van der Waals surface area contributed by atoms with Crippen LogP contribution in [0.4, 0.5) is 5.69 Å². The summed E-state index contributed by atoms with van der Waals surface area (Å²) in [6.45, 7) is 6.49. The number of aryl methyl sites for hydroxylation is 2. The van der Waals surface area contributed by atoms with E-state index in [1.165, 1.54) is 34.2 Å². The first-order valence-corrected chi connectivity index (χ1v) is 15.1. The topological polar surface area (TPSA) is 90.3 Å². The molecule has 41 heavy (non-hydrogen) atoms. The van der Waals surface area contributed by atoms with Crippen LogP contribution < -0.4 is 9.64 Å². The molecule has 1 unspecified atom stereocenters. The SMILES string of the molecule is Cc1ccc2c(c1)N(CCCCC/C=C/CN(C)C(=O)[C@@H](C)C(O)C(=O)O)C[C@@]1(CCCc3cc(Cl)ccc31)CO2. The first kappa shape index (κ1) is 30.9. The molecule has 2 aromatic carbocycles. The number of hydrogen-bond acceptors (Lipinski definition) is 5. The number of amides is 1. The number of rotatable bonds is 11. The van der Waals surface area contributed by atoms with E-state index in [-0.39, 0.29) is 11.3 Å². The number of likely N-dealkylation sites (N-methyl/N-ethyl adjacent to an activating group) is 1. The van der Waals surface area contributed by atoms with E-state index < -0.39 is 18.0 Å². The Morgan fingerprint density at radius 1 is 1.17 bits per heavy atom. The Morgan fingerprint density at radius 3 is 2.76 bits per heavy atom. The number of aliphatic carboxylic acids is 1. The minimum Gasteiger partial charge on any atom is -0.490 e. The molecule has 1 spiro atoms. The molecule has 222 valence electrons. The highest BCUT2D eigenvalue weighted by Gasteiger charge is 2.41. The monoisotopic (exact) mass is 582 g/mol. The Hall–Kier alpha value is -3.03. The molecule has 1 aliphatic carbocycles. The van der Waals surface area contributed by atoms with Crippen LogP contribution in [0, 0.1) is 12.8 Å². The third-order valence-electron chi connectivity index (χ3n) is 8.53. The van der Waals surface area contributed by atoms with Gasteiger partial charge in [0.25, 0.3) is 0 Å². The number of fused-ring (bicyclic) bond motifs is 3. The summed E-state index contributed by atoms with van der Waals surface area (Å²) in [6.07, 6.45) is 9.69. The maximum absolute atomic E-state index is 12.3. The van der Waals surface area contributed by atoms with Crippen LogP contribution in [0.2, 0.25) is 5.02 Å². The average molecular weight is 583 g/mol. The van der Waals surface area contributed by atoms with Gasteiger partial charge in [-0.3, -0.25) is 4.79 Å². The molecule has 0 bridgehead atoms. The lowest BCUT2D eigenvalue weighted by atomic mass is 9.70. The normalized spacial score (nSPS) is 19.7. The molecule has 7 nitrogen and oxygen atoms in total. The molecule has 2 aromatic rings. The van der Waals surface area contributed by atoms with Gasteiger partial charge in [0.1, 0.15) is 5.75 Å². The van der Waals surface area contributed by atoms with E-state index in [4.69, 9.17) is 21.4 Å². The molecular formula is C33H43ClN2O5. The first-order chi connectivity index (χ1) is 19.6. The average Bonchev–Trinajstić information content (AvgIpc) is 3.10. The molecule has 0 radical (unpaired) electrons. The molecule has 4 rings (SSSR count). The van der Waals surface area contributed by atoms with Crippen molar-refractivity contribution in [2.75, 3.05) is 38.2 Å². The van der Waals surface area contributed by atoms with E-state index in [9.17, 15) is 14.7 Å². The Balaban J connectivity index is 1.32. The van der Waals surface area contributed by atoms with Gasteiger partial charge >= 0.3 is 5.97 Å². The Morgan fingerprint density at radius 2 is 1.98 bits per heavy atom. The minimum atomic E-state index is -1.69. The zero-order chi connectivity index (χ0) is 29.6. The molecular weight excluding hydrogens is 540 g/mol.